The van der Waals surface area contributed by atoms with Crippen LogP contribution in [-0.4, -0.2) is 24.3 Å². The summed E-state index contributed by atoms with van der Waals surface area (Å²) in [6, 6.07) is 0.347. The van der Waals surface area contributed by atoms with Crippen LogP contribution in [0.1, 0.15) is 20.3 Å². The lowest BCUT2D eigenvalue weighted by Crippen LogP contribution is -2.24. The van der Waals surface area contributed by atoms with Crippen LogP contribution in [0.5, 0.6) is 0 Å². The van der Waals surface area contributed by atoms with Crippen LogP contribution in [0.3, 0.4) is 0 Å². The standard InChI is InChI=1S/C7H15NO.ClH/c1-7(2)3-6(4-9)8-5-7;/h6,8-9H,3-5H2,1-2H3;1H/t6-;/m0./s1. The molecule has 1 saturated heterocycles. The van der Waals surface area contributed by atoms with Gasteiger partial charge in [-0.1, -0.05) is 13.8 Å². The zero-order valence-corrected chi connectivity index (χ0v) is 7.37. The van der Waals surface area contributed by atoms with Crippen molar-refractivity contribution in [2.24, 2.45) is 5.41 Å². The molecule has 0 amide bonds. The highest BCUT2D eigenvalue weighted by molar-refractivity contribution is 5.85. The molecule has 2 N–H and O–H groups in total. The summed E-state index contributed by atoms with van der Waals surface area (Å²) in [5, 5.41) is 12.0. The SMILES string of the molecule is CC1(C)CN[C@H](CO)C1.Cl. The first-order valence-electron chi connectivity index (χ1n) is 3.48. The second-order valence-electron chi connectivity index (χ2n) is 3.63. The van der Waals surface area contributed by atoms with Crippen molar-refractivity contribution < 1.29 is 5.11 Å². The van der Waals surface area contributed by atoms with E-state index in [9.17, 15) is 0 Å². The summed E-state index contributed by atoms with van der Waals surface area (Å²) < 4.78 is 0. The Morgan fingerprint density at radius 1 is 1.60 bits per heavy atom. The number of aliphatic hydroxyl groups excluding tert-OH is 1. The summed E-state index contributed by atoms with van der Waals surface area (Å²) in [4.78, 5) is 0. The molecule has 0 unspecified atom stereocenters. The van der Waals surface area contributed by atoms with Gasteiger partial charge in [0, 0.05) is 12.6 Å². The number of rotatable bonds is 1. The van der Waals surface area contributed by atoms with E-state index in [0.717, 1.165) is 13.0 Å². The zero-order valence-electron chi connectivity index (χ0n) is 6.55. The monoisotopic (exact) mass is 165 g/mol. The molecule has 0 saturated carbocycles. The van der Waals surface area contributed by atoms with E-state index in [4.69, 9.17) is 5.11 Å². The van der Waals surface area contributed by atoms with Crippen LogP contribution in [0, 0.1) is 5.41 Å². The zero-order chi connectivity index (χ0) is 6.91. The average Bonchev–Trinajstić information content (AvgIpc) is 2.10. The minimum absolute atomic E-state index is 0. The molecule has 0 spiro atoms. The summed E-state index contributed by atoms with van der Waals surface area (Å²) >= 11 is 0. The van der Waals surface area contributed by atoms with Gasteiger partial charge < -0.3 is 10.4 Å². The molecule has 1 aliphatic heterocycles. The van der Waals surface area contributed by atoms with Gasteiger partial charge in [-0.15, -0.1) is 12.4 Å². The van der Waals surface area contributed by atoms with Gasteiger partial charge in [0.05, 0.1) is 6.61 Å². The third-order valence-corrected chi connectivity index (χ3v) is 1.89. The molecule has 1 fully saturated rings. The Morgan fingerprint density at radius 3 is 2.40 bits per heavy atom. The van der Waals surface area contributed by atoms with E-state index in [1.54, 1.807) is 0 Å². The van der Waals surface area contributed by atoms with Crippen molar-refractivity contribution in [3.8, 4) is 0 Å². The highest BCUT2D eigenvalue weighted by atomic mass is 35.5. The van der Waals surface area contributed by atoms with E-state index in [1.165, 1.54) is 0 Å². The van der Waals surface area contributed by atoms with Crippen molar-refractivity contribution in [3.05, 3.63) is 0 Å². The quantitative estimate of drug-likeness (QED) is 0.602. The minimum atomic E-state index is 0. The molecule has 0 radical (unpaired) electrons. The van der Waals surface area contributed by atoms with Gasteiger partial charge in [-0.3, -0.25) is 0 Å². The van der Waals surface area contributed by atoms with Crippen molar-refractivity contribution in [2.75, 3.05) is 13.2 Å². The van der Waals surface area contributed by atoms with Crippen LogP contribution in [0.15, 0.2) is 0 Å². The van der Waals surface area contributed by atoms with Gasteiger partial charge >= 0.3 is 0 Å². The summed E-state index contributed by atoms with van der Waals surface area (Å²) in [6.07, 6.45) is 1.10. The van der Waals surface area contributed by atoms with Gasteiger partial charge in [-0.25, -0.2) is 0 Å². The number of aliphatic hydroxyl groups is 1. The molecule has 2 nitrogen and oxygen atoms in total. The van der Waals surface area contributed by atoms with E-state index < -0.39 is 0 Å². The van der Waals surface area contributed by atoms with Crippen molar-refractivity contribution in [1.29, 1.82) is 0 Å². The molecule has 0 aliphatic carbocycles. The number of hydrogen-bond donors (Lipinski definition) is 2. The number of hydrogen-bond acceptors (Lipinski definition) is 2. The van der Waals surface area contributed by atoms with Crippen molar-refractivity contribution >= 4 is 12.4 Å². The first kappa shape index (κ1) is 10.2. The Balaban J connectivity index is 0.000000810. The highest BCUT2D eigenvalue weighted by Crippen LogP contribution is 2.26. The molecule has 1 atom stereocenters. The average molecular weight is 166 g/mol. The van der Waals surface area contributed by atoms with Gasteiger partial charge in [-0.05, 0) is 11.8 Å². The third kappa shape index (κ3) is 2.45. The molecule has 0 aromatic heterocycles. The maximum absolute atomic E-state index is 8.74. The molecule has 3 heteroatoms. The summed E-state index contributed by atoms with van der Waals surface area (Å²) in [6.45, 7) is 5.76. The lowest BCUT2D eigenvalue weighted by atomic mass is 9.91. The van der Waals surface area contributed by atoms with Crippen molar-refractivity contribution in [3.63, 3.8) is 0 Å². The summed E-state index contributed by atoms with van der Waals surface area (Å²) in [5.74, 6) is 0. The molecule has 0 aromatic rings. The second-order valence-corrected chi connectivity index (χ2v) is 3.63. The van der Waals surface area contributed by atoms with Crippen LogP contribution in [0.2, 0.25) is 0 Å². The van der Waals surface area contributed by atoms with E-state index in [0.29, 0.717) is 11.5 Å². The maximum Gasteiger partial charge on any atom is 0.0584 e. The van der Waals surface area contributed by atoms with Crippen LogP contribution in [-0.2, 0) is 0 Å². The van der Waals surface area contributed by atoms with E-state index in [1.807, 2.05) is 0 Å². The Labute approximate surface area is 68.4 Å². The van der Waals surface area contributed by atoms with Crippen LogP contribution in [0.25, 0.3) is 0 Å². The summed E-state index contributed by atoms with van der Waals surface area (Å²) in [7, 11) is 0. The first-order valence-corrected chi connectivity index (χ1v) is 3.48. The van der Waals surface area contributed by atoms with Crippen LogP contribution < -0.4 is 5.32 Å². The molecule has 0 bridgehead atoms. The Kier molecular flexibility index (Phi) is 3.63. The molecular weight excluding hydrogens is 150 g/mol. The van der Waals surface area contributed by atoms with E-state index in [-0.39, 0.29) is 19.0 Å². The smallest absolute Gasteiger partial charge is 0.0584 e. The van der Waals surface area contributed by atoms with E-state index >= 15 is 0 Å². The number of halogens is 1. The molecular formula is C7H16ClNO. The van der Waals surface area contributed by atoms with Gasteiger partial charge in [0.15, 0.2) is 0 Å². The van der Waals surface area contributed by atoms with Gasteiger partial charge in [0.2, 0.25) is 0 Å². The predicted molar refractivity (Wildman–Crippen MR) is 44.5 cm³/mol. The molecule has 1 rings (SSSR count). The largest absolute Gasteiger partial charge is 0.395 e. The fraction of sp³-hybridized carbons (Fsp3) is 1.00. The van der Waals surface area contributed by atoms with Crippen molar-refractivity contribution in [1.82, 2.24) is 5.32 Å². The van der Waals surface area contributed by atoms with Gasteiger partial charge in [-0.2, -0.15) is 0 Å². The molecule has 1 heterocycles. The Hall–Kier alpha value is 0.210. The van der Waals surface area contributed by atoms with Crippen LogP contribution in [0.4, 0.5) is 0 Å². The minimum Gasteiger partial charge on any atom is -0.395 e. The highest BCUT2D eigenvalue weighted by Gasteiger charge is 2.29. The fourth-order valence-electron chi connectivity index (χ4n) is 1.36. The molecule has 0 aromatic carbocycles. The lowest BCUT2D eigenvalue weighted by Gasteiger charge is -2.14. The third-order valence-electron chi connectivity index (χ3n) is 1.89. The Morgan fingerprint density at radius 2 is 2.20 bits per heavy atom. The van der Waals surface area contributed by atoms with Gasteiger partial charge in [0.25, 0.3) is 0 Å². The second kappa shape index (κ2) is 3.56. The van der Waals surface area contributed by atoms with Crippen LogP contribution >= 0.6 is 12.4 Å². The van der Waals surface area contributed by atoms with E-state index in [2.05, 4.69) is 19.2 Å². The topological polar surface area (TPSA) is 32.3 Å². The molecule has 1 aliphatic rings. The molecule has 10 heavy (non-hydrogen) atoms. The van der Waals surface area contributed by atoms with Crippen molar-refractivity contribution in [2.45, 2.75) is 26.3 Å². The predicted octanol–water partition coefficient (Wildman–Crippen LogP) is 0.789. The normalized spacial score (nSPS) is 29.7. The Bertz CT molecular complexity index is 106. The lowest BCUT2D eigenvalue weighted by molar-refractivity contribution is 0.247. The molecule has 62 valence electrons. The first-order chi connectivity index (χ1) is 4.14. The fourth-order valence-corrected chi connectivity index (χ4v) is 1.36. The number of nitrogens with one attached hydrogen (secondary N) is 1. The van der Waals surface area contributed by atoms with Gasteiger partial charge in [0.1, 0.15) is 0 Å². The maximum atomic E-state index is 8.74. The summed E-state index contributed by atoms with van der Waals surface area (Å²) in [5.41, 5.74) is 0.396.